The SMILES string of the molecule is CC1CN(c2cc(-c3cnc(/C=C\C(=N)C(F)(F)F)[nH]3)ncn2)C(C)C(c2cn[nH]c2)N1. The predicted octanol–water partition coefficient (Wildman–Crippen LogP) is 3.11. The van der Waals surface area contributed by atoms with Crippen LogP contribution in [0.25, 0.3) is 17.5 Å². The summed E-state index contributed by atoms with van der Waals surface area (Å²) >= 11 is 0. The molecule has 0 amide bonds. The van der Waals surface area contributed by atoms with Gasteiger partial charge in [-0.3, -0.25) is 10.5 Å². The minimum absolute atomic E-state index is 0.0590. The third kappa shape index (κ3) is 4.54. The van der Waals surface area contributed by atoms with E-state index in [0.29, 0.717) is 17.5 Å². The third-order valence-electron chi connectivity index (χ3n) is 5.32. The number of anilines is 1. The molecule has 12 heteroatoms. The van der Waals surface area contributed by atoms with Gasteiger partial charge < -0.3 is 15.2 Å². The normalized spacial score (nSPS) is 21.9. The second kappa shape index (κ2) is 8.54. The molecule has 1 aliphatic heterocycles. The van der Waals surface area contributed by atoms with Crippen LogP contribution in [0.15, 0.2) is 37.1 Å². The lowest BCUT2D eigenvalue weighted by Crippen LogP contribution is -2.56. The van der Waals surface area contributed by atoms with E-state index in [2.05, 4.69) is 54.2 Å². The van der Waals surface area contributed by atoms with E-state index in [4.69, 9.17) is 5.41 Å². The molecule has 0 bridgehead atoms. The molecule has 4 heterocycles. The lowest BCUT2D eigenvalue weighted by atomic mass is 9.97. The predicted molar refractivity (Wildman–Crippen MR) is 113 cm³/mol. The third-order valence-corrected chi connectivity index (χ3v) is 5.32. The largest absolute Gasteiger partial charge is 0.432 e. The summed E-state index contributed by atoms with van der Waals surface area (Å²) in [5.41, 5.74) is 0.701. The molecule has 32 heavy (non-hydrogen) atoms. The van der Waals surface area contributed by atoms with E-state index in [1.807, 2.05) is 12.3 Å². The molecule has 9 nitrogen and oxygen atoms in total. The highest BCUT2D eigenvalue weighted by Crippen LogP contribution is 2.30. The Bertz CT molecular complexity index is 1100. The lowest BCUT2D eigenvalue weighted by molar-refractivity contribution is -0.0583. The monoisotopic (exact) mass is 445 g/mol. The number of allylic oxidation sites excluding steroid dienone is 1. The number of hydrogen-bond donors (Lipinski definition) is 4. The Hall–Kier alpha value is -3.54. The second-order valence-electron chi connectivity index (χ2n) is 7.66. The van der Waals surface area contributed by atoms with Crippen molar-refractivity contribution in [2.24, 2.45) is 0 Å². The molecule has 3 aromatic heterocycles. The Morgan fingerprint density at radius 2 is 2.03 bits per heavy atom. The summed E-state index contributed by atoms with van der Waals surface area (Å²) in [4.78, 5) is 17.9. The minimum Gasteiger partial charge on any atom is -0.350 e. The fourth-order valence-corrected chi connectivity index (χ4v) is 3.71. The first-order valence-electron chi connectivity index (χ1n) is 9.95. The van der Waals surface area contributed by atoms with E-state index < -0.39 is 11.9 Å². The summed E-state index contributed by atoms with van der Waals surface area (Å²) in [6, 6.07) is 2.17. The number of nitrogens with zero attached hydrogens (tertiary/aromatic N) is 5. The van der Waals surface area contributed by atoms with Crippen molar-refractivity contribution >= 4 is 17.6 Å². The number of hydrogen-bond acceptors (Lipinski definition) is 7. The van der Waals surface area contributed by atoms with Crippen molar-refractivity contribution < 1.29 is 13.2 Å². The molecule has 4 rings (SSSR count). The molecule has 0 radical (unpaired) electrons. The summed E-state index contributed by atoms with van der Waals surface area (Å²) in [6.07, 6.45) is 3.68. The Labute approximate surface area is 181 Å². The number of imidazole rings is 1. The number of rotatable bonds is 5. The van der Waals surface area contributed by atoms with Gasteiger partial charge >= 0.3 is 6.18 Å². The van der Waals surface area contributed by atoms with Gasteiger partial charge in [0.15, 0.2) is 0 Å². The molecule has 3 aromatic rings. The molecular formula is C20H22F3N9. The maximum Gasteiger partial charge on any atom is 0.432 e. The summed E-state index contributed by atoms with van der Waals surface area (Å²) in [7, 11) is 0. The fourth-order valence-electron chi connectivity index (χ4n) is 3.71. The van der Waals surface area contributed by atoms with Crippen molar-refractivity contribution in [1.29, 1.82) is 5.41 Å². The van der Waals surface area contributed by atoms with E-state index in [0.717, 1.165) is 24.0 Å². The van der Waals surface area contributed by atoms with Crippen LogP contribution in [-0.2, 0) is 0 Å². The standard InChI is InChI=1S/C20H22F3N9/c1-11-9-32(12(2)19(30-11)13-6-28-29-7-13)18-5-14(26-10-27-18)15-8-25-17(31-15)4-3-16(24)20(21,22)23/h3-8,10-12,19,24,30H,9H2,1-2H3,(H,25,31)(H,28,29)/b4-3-,24-16?. The molecule has 4 N–H and O–H groups in total. The highest BCUT2D eigenvalue weighted by molar-refractivity contribution is 5.99. The number of piperazine rings is 1. The van der Waals surface area contributed by atoms with Gasteiger partial charge in [-0.15, -0.1) is 0 Å². The number of aromatic nitrogens is 6. The molecule has 0 aliphatic carbocycles. The maximum atomic E-state index is 12.5. The van der Waals surface area contributed by atoms with Gasteiger partial charge in [-0.2, -0.15) is 18.3 Å². The van der Waals surface area contributed by atoms with Crippen molar-refractivity contribution in [3.05, 3.63) is 48.4 Å². The van der Waals surface area contributed by atoms with Gasteiger partial charge in [0, 0.05) is 36.5 Å². The van der Waals surface area contributed by atoms with Crippen LogP contribution >= 0.6 is 0 Å². The van der Waals surface area contributed by atoms with Gasteiger partial charge in [0.05, 0.1) is 29.8 Å². The molecule has 0 spiro atoms. The van der Waals surface area contributed by atoms with Crippen LogP contribution in [0, 0.1) is 5.41 Å². The molecule has 1 fully saturated rings. The number of alkyl halides is 3. The van der Waals surface area contributed by atoms with Crippen LogP contribution in [0.4, 0.5) is 19.0 Å². The van der Waals surface area contributed by atoms with Crippen molar-refractivity contribution in [2.75, 3.05) is 11.4 Å². The quantitative estimate of drug-likeness (QED) is 0.448. The summed E-state index contributed by atoms with van der Waals surface area (Å²) in [5.74, 6) is 0.924. The Kier molecular flexibility index (Phi) is 5.78. The number of H-pyrrole nitrogens is 2. The van der Waals surface area contributed by atoms with E-state index in [9.17, 15) is 13.2 Å². The maximum absolute atomic E-state index is 12.5. The van der Waals surface area contributed by atoms with Crippen molar-refractivity contribution in [2.45, 2.75) is 38.1 Å². The average molecular weight is 445 g/mol. The first-order valence-corrected chi connectivity index (χ1v) is 9.95. The van der Waals surface area contributed by atoms with Crippen LogP contribution < -0.4 is 10.2 Å². The molecule has 168 valence electrons. The molecule has 1 aliphatic rings. The van der Waals surface area contributed by atoms with Gasteiger partial charge in [0.1, 0.15) is 23.7 Å². The lowest BCUT2D eigenvalue weighted by Gasteiger charge is -2.43. The molecule has 0 aromatic carbocycles. The van der Waals surface area contributed by atoms with Crippen LogP contribution in [-0.4, -0.2) is 60.6 Å². The first-order chi connectivity index (χ1) is 15.2. The Balaban J connectivity index is 1.56. The van der Waals surface area contributed by atoms with Crippen LogP contribution in [0.3, 0.4) is 0 Å². The van der Waals surface area contributed by atoms with E-state index in [-0.39, 0.29) is 23.9 Å². The van der Waals surface area contributed by atoms with Crippen LogP contribution in [0.2, 0.25) is 0 Å². The summed E-state index contributed by atoms with van der Waals surface area (Å²) < 4.78 is 37.4. The first kappa shape index (κ1) is 21.7. The topological polar surface area (TPSA) is 122 Å². The number of aromatic amines is 2. The molecule has 1 saturated heterocycles. The van der Waals surface area contributed by atoms with Crippen LogP contribution in [0.5, 0.6) is 0 Å². The number of nitrogens with one attached hydrogen (secondary N) is 4. The summed E-state index contributed by atoms with van der Waals surface area (Å²) in [6.45, 7) is 4.94. The van der Waals surface area contributed by atoms with Crippen molar-refractivity contribution in [3.63, 3.8) is 0 Å². The zero-order valence-electron chi connectivity index (χ0n) is 17.4. The fraction of sp³-hybridized carbons (Fsp3) is 0.350. The Morgan fingerprint density at radius 1 is 1.22 bits per heavy atom. The second-order valence-corrected chi connectivity index (χ2v) is 7.66. The van der Waals surface area contributed by atoms with E-state index in [1.165, 1.54) is 12.5 Å². The summed E-state index contributed by atoms with van der Waals surface area (Å²) in [5, 5.41) is 17.5. The molecular weight excluding hydrogens is 423 g/mol. The highest BCUT2D eigenvalue weighted by Gasteiger charge is 2.34. The van der Waals surface area contributed by atoms with Gasteiger partial charge in [0.2, 0.25) is 0 Å². The van der Waals surface area contributed by atoms with Crippen LogP contribution in [0.1, 0.15) is 31.3 Å². The van der Waals surface area contributed by atoms with E-state index in [1.54, 1.807) is 6.20 Å². The minimum atomic E-state index is -4.70. The zero-order valence-corrected chi connectivity index (χ0v) is 17.4. The van der Waals surface area contributed by atoms with Gasteiger partial charge in [-0.1, -0.05) is 0 Å². The molecule has 3 unspecified atom stereocenters. The Morgan fingerprint density at radius 3 is 2.75 bits per heavy atom. The molecule has 0 saturated carbocycles. The average Bonchev–Trinajstić information content (AvgIpc) is 3.45. The van der Waals surface area contributed by atoms with Gasteiger partial charge in [-0.25, -0.2) is 15.0 Å². The van der Waals surface area contributed by atoms with E-state index >= 15 is 0 Å². The van der Waals surface area contributed by atoms with Gasteiger partial charge in [0.25, 0.3) is 0 Å². The smallest absolute Gasteiger partial charge is 0.350 e. The highest BCUT2D eigenvalue weighted by atomic mass is 19.4. The van der Waals surface area contributed by atoms with Crippen molar-refractivity contribution in [1.82, 2.24) is 35.5 Å². The van der Waals surface area contributed by atoms with Crippen molar-refractivity contribution in [3.8, 4) is 11.4 Å². The molecule has 3 atom stereocenters. The number of halogens is 3. The van der Waals surface area contributed by atoms with Gasteiger partial charge in [-0.05, 0) is 26.0 Å². The zero-order chi connectivity index (χ0) is 22.9.